The van der Waals surface area contributed by atoms with Crippen LogP contribution < -0.4 is 10.2 Å². The standard InChI is InChI=1S/C15H23N3O3S/c1-4-18(5-2)13-7-6-12(10-16-13)14(19)17-15(3)8-9-22(20,21)11-15/h6-7,10H,4-5,8-9,11H2,1-3H3,(H,17,19)/t15-/m0/s1. The lowest BCUT2D eigenvalue weighted by molar-refractivity contribution is 0.0915. The topological polar surface area (TPSA) is 79.4 Å². The van der Waals surface area contributed by atoms with Gasteiger partial charge in [-0.25, -0.2) is 13.4 Å². The van der Waals surface area contributed by atoms with Crippen molar-refractivity contribution in [1.29, 1.82) is 0 Å². The van der Waals surface area contributed by atoms with Crippen molar-refractivity contribution in [2.45, 2.75) is 32.7 Å². The molecule has 7 heteroatoms. The van der Waals surface area contributed by atoms with Crippen LogP contribution in [0.1, 0.15) is 37.6 Å². The van der Waals surface area contributed by atoms with Crippen LogP contribution in [0, 0.1) is 0 Å². The number of nitrogens with zero attached hydrogens (tertiary/aromatic N) is 2. The van der Waals surface area contributed by atoms with Crippen molar-refractivity contribution in [2.24, 2.45) is 0 Å². The largest absolute Gasteiger partial charge is 0.357 e. The first-order chi connectivity index (χ1) is 10.3. The van der Waals surface area contributed by atoms with Crippen molar-refractivity contribution >= 4 is 21.6 Å². The first-order valence-electron chi connectivity index (χ1n) is 7.52. The van der Waals surface area contributed by atoms with E-state index >= 15 is 0 Å². The molecular formula is C15H23N3O3S. The minimum Gasteiger partial charge on any atom is -0.357 e. The summed E-state index contributed by atoms with van der Waals surface area (Å²) in [4.78, 5) is 18.7. The molecule has 0 bridgehead atoms. The number of anilines is 1. The molecule has 2 heterocycles. The first-order valence-corrected chi connectivity index (χ1v) is 9.34. The van der Waals surface area contributed by atoms with Crippen LogP contribution >= 0.6 is 0 Å². The molecule has 22 heavy (non-hydrogen) atoms. The fourth-order valence-corrected chi connectivity index (χ4v) is 4.80. The maximum absolute atomic E-state index is 12.3. The SMILES string of the molecule is CCN(CC)c1ccc(C(=O)N[C@@]2(C)CCS(=O)(=O)C2)cn1. The summed E-state index contributed by atoms with van der Waals surface area (Å²) >= 11 is 0. The molecule has 1 atom stereocenters. The summed E-state index contributed by atoms with van der Waals surface area (Å²) in [7, 11) is -3.04. The summed E-state index contributed by atoms with van der Waals surface area (Å²) in [6.07, 6.45) is 1.99. The molecule has 0 unspecified atom stereocenters. The van der Waals surface area contributed by atoms with E-state index in [4.69, 9.17) is 0 Å². The van der Waals surface area contributed by atoms with Gasteiger partial charge in [0, 0.05) is 19.3 Å². The van der Waals surface area contributed by atoms with Gasteiger partial charge >= 0.3 is 0 Å². The average Bonchev–Trinajstić information content (AvgIpc) is 2.74. The van der Waals surface area contributed by atoms with Gasteiger partial charge in [-0.05, 0) is 39.3 Å². The average molecular weight is 325 g/mol. The van der Waals surface area contributed by atoms with E-state index in [1.54, 1.807) is 13.0 Å². The second kappa shape index (κ2) is 6.24. The Morgan fingerprint density at radius 3 is 2.50 bits per heavy atom. The number of aromatic nitrogens is 1. The molecule has 0 spiro atoms. The Hall–Kier alpha value is -1.63. The summed E-state index contributed by atoms with van der Waals surface area (Å²) < 4.78 is 23.2. The van der Waals surface area contributed by atoms with Gasteiger partial charge in [-0.2, -0.15) is 0 Å². The van der Waals surface area contributed by atoms with Gasteiger partial charge in [-0.3, -0.25) is 4.79 Å². The summed E-state index contributed by atoms with van der Waals surface area (Å²) in [6, 6.07) is 3.54. The van der Waals surface area contributed by atoms with Crippen LogP contribution in [0.3, 0.4) is 0 Å². The van der Waals surface area contributed by atoms with Gasteiger partial charge < -0.3 is 10.2 Å². The third-order valence-electron chi connectivity index (χ3n) is 4.02. The Morgan fingerprint density at radius 1 is 1.36 bits per heavy atom. The monoisotopic (exact) mass is 325 g/mol. The van der Waals surface area contributed by atoms with Crippen LogP contribution in [-0.2, 0) is 9.84 Å². The number of carbonyl (C=O) groups is 1. The quantitative estimate of drug-likeness (QED) is 0.881. The zero-order valence-corrected chi connectivity index (χ0v) is 14.1. The number of nitrogens with one attached hydrogen (secondary N) is 1. The molecule has 1 aromatic heterocycles. The van der Waals surface area contributed by atoms with E-state index in [1.165, 1.54) is 6.20 Å². The van der Waals surface area contributed by atoms with Crippen LogP contribution in [0.4, 0.5) is 5.82 Å². The zero-order valence-electron chi connectivity index (χ0n) is 13.3. The molecule has 6 nitrogen and oxygen atoms in total. The third kappa shape index (κ3) is 3.76. The molecule has 0 aromatic carbocycles. The van der Waals surface area contributed by atoms with E-state index in [2.05, 4.69) is 15.2 Å². The van der Waals surface area contributed by atoms with Crippen LogP contribution in [-0.4, -0.2) is 49.4 Å². The Morgan fingerprint density at radius 2 is 2.05 bits per heavy atom. The Labute approximate surface area is 131 Å². The second-order valence-electron chi connectivity index (χ2n) is 5.93. The number of sulfone groups is 1. The number of amides is 1. The lowest BCUT2D eigenvalue weighted by Crippen LogP contribution is -2.46. The van der Waals surface area contributed by atoms with Gasteiger partial charge in [0.15, 0.2) is 9.84 Å². The summed E-state index contributed by atoms with van der Waals surface area (Å²) in [5, 5.41) is 2.83. The van der Waals surface area contributed by atoms with Crippen molar-refractivity contribution < 1.29 is 13.2 Å². The van der Waals surface area contributed by atoms with Gasteiger partial charge in [0.2, 0.25) is 0 Å². The maximum atomic E-state index is 12.3. The van der Waals surface area contributed by atoms with Crippen molar-refractivity contribution in [2.75, 3.05) is 29.5 Å². The zero-order chi connectivity index (χ0) is 16.4. The molecule has 1 N–H and O–H groups in total. The van der Waals surface area contributed by atoms with Crippen molar-refractivity contribution in [1.82, 2.24) is 10.3 Å². The van der Waals surface area contributed by atoms with E-state index in [0.29, 0.717) is 12.0 Å². The van der Waals surface area contributed by atoms with E-state index in [9.17, 15) is 13.2 Å². The summed E-state index contributed by atoms with van der Waals surface area (Å²) in [5.41, 5.74) is -0.241. The molecule has 1 saturated heterocycles. The van der Waals surface area contributed by atoms with E-state index < -0.39 is 15.4 Å². The van der Waals surface area contributed by atoms with Crippen molar-refractivity contribution in [3.8, 4) is 0 Å². The van der Waals surface area contributed by atoms with Crippen LogP contribution in [0.5, 0.6) is 0 Å². The van der Waals surface area contributed by atoms with Crippen LogP contribution in [0.25, 0.3) is 0 Å². The molecule has 1 aromatic rings. The molecule has 122 valence electrons. The van der Waals surface area contributed by atoms with Gasteiger partial charge in [-0.1, -0.05) is 0 Å². The lowest BCUT2D eigenvalue weighted by Gasteiger charge is -2.24. The minimum atomic E-state index is -3.04. The first kappa shape index (κ1) is 16.7. The molecule has 1 aliphatic heterocycles. The number of hydrogen-bond donors (Lipinski definition) is 1. The summed E-state index contributed by atoms with van der Waals surface area (Å²) in [5.74, 6) is 0.675. The van der Waals surface area contributed by atoms with Crippen LogP contribution in [0.15, 0.2) is 18.3 Å². The third-order valence-corrected chi connectivity index (χ3v) is 5.92. The van der Waals surface area contributed by atoms with Gasteiger partial charge in [0.05, 0.1) is 22.6 Å². The van der Waals surface area contributed by atoms with Gasteiger partial charge in [0.25, 0.3) is 5.91 Å². The fraction of sp³-hybridized carbons (Fsp3) is 0.600. The Bertz CT molecular complexity index is 639. The predicted octanol–water partition coefficient (Wildman–Crippen LogP) is 1.23. The molecule has 1 aliphatic rings. The molecule has 2 rings (SSSR count). The molecule has 1 amide bonds. The maximum Gasteiger partial charge on any atom is 0.253 e. The number of carbonyl (C=O) groups excluding carboxylic acids is 1. The highest BCUT2D eigenvalue weighted by molar-refractivity contribution is 7.91. The normalized spacial score (nSPS) is 23.2. The van der Waals surface area contributed by atoms with Crippen molar-refractivity contribution in [3.05, 3.63) is 23.9 Å². The highest BCUT2D eigenvalue weighted by Crippen LogP contribution is 2.23. The van der Waals surface area contributed by atoms with Gasteiger partial charge in [0.1, 0.15) is 5.82 Å². The number of hydrogen-bond acceptors (Lipinski definition) is 5. The van der Waals surface area contributed by atoms with Crippen LogP contribution in [0.2, 0.25) is 0 Å². The summed E-state index contributed by atoms with van der Waals surface area (Å²) in [6.45, 7) is 7.57. The van der Waals surface area contributed by atoms with E-state index in [-0.39, 0.29) is 17.4 Å². The minimum absolute atomic E-state index is 0.00327. The lowest BCUT2D eigenvalue weighted by atomic mass is 10.0. The molecule has 0 aliphatic carbocycles. The highest BCUT2D eigenvalue weighted by atomic mass is 32.2. The fourth-order valence-electron chi connectivity index (χ4n) is 2.71. The predicted molar refractivity (Wildman–Crippen MR) is 86.9 cm³/mol. The Balaban J connectivity index is 2.07. The molecular weight excluding hydrogens is 302 g/mol. The number of rotatable bonds is 5. The smallest absolute Gasteiger partial charge is 0.253 e. The molecule has 0 saturated carbocycles. The van der Waals surface area contributed by atoms with E-state index in [1.807, 2.05) is 19.9 Å². The number of pyridine rings is 1. The van der Waals surface area contributed by atoms with Gasteiger partial charge in [-0.15, -0.1) is 0 Å². The second-order valence-corrected chi connectivity index (χ2v) is 8.12. The Kier molecular flexibility index (Phi) is 4.75. The molecule has 1 fully saturated rings. The molecule has 0 radical (unpaired) electrons. The van der Waals surface area contributed by atoms with Crippen molar-refractivity contribution in [3.63, 3.8) is 0 Å². The highest BCUT2D eigenvalue weighted by Gasteiger charge is 2.39. The van der Waals surface area contributed by atoms with E-state index in [0.717, 1.165) is 18.9 Å².